The number of rotatable bonds is 12. The largest absolute Gasteiger partial charge is 0.462 e. The van der Waals surface area contributed by atoms with E-state index in [1.54, 1.807) is 13.0 Å². The first kappa shape index (κ1) is 22.7. The monoisotopic (exact) mass is 307 g/mol. The van der Waals surface area contributed by atoms with Crippen molar-refractivity contribution in [1.82, 2.24) is 0 Å². The summed E-state index contributed by atoms with van der Waals surface area (Å²) in [6.45, 7) is 11.1. The summed E-state index contributed by atoms with van der Waals surface area (Å²) in [4.78, 5) is 11.1. The molecule has 0 N–H and O–H groups in total. The van der Waals surface area contributed by atoms with Crippen molar-refractivity contribution in [3.05, 3.63) is 24.8 Å². The molecule has 0 heterocycles. The zero-order valence-electron chi connectivity index (χ0n) is 14.5. The summed E-state index contributed by atoms with van der Waals surface area (Å²) in [6.07, 6.45) is 14.1. The van der Waals surface area contributed by atoms with Crippen molar-refractivity contribution in [3.63, 3.8) is 0 Å². The number of esters is 1. The van der Waals surface area contributed by atoms with Gasteiger partial charge in [-0.05, 0) is 13.3 Å². The molecule has 0 bridgehead atoms. The van der Waals surface area contributed by atoms with Crippen LogP contribution in [-0.4, -0.2) is 12.6 Å². The Kier molecular flexibility index (Phi) is 20.1. The van der Waals surface area contributed by atoms with Gasteiger partial charge in [-0.25, -0.2) is 4.79 Å². The molecule has 22 heavy (non-hydrogen) atoms. The number of carbonyl (C=O) groups is 1. The highest BCUT2D eigenvalue weighted by Crippen LogP contribution is 2.10. The van der Waals surface area contributed by atoms with Crippen LogP contribution in [0.25, 0.3) is 0 Å². The molecule has 0 saturated heterocycles. The second kappa shape index (κ2) is 19.4. The Morgan fingerprint density at radius 1 is 1.05 bits per heavy atom. The first-order valence-electron chi connectivity index (χ1n) is 8.43. The van der Waals surface area contributed by atoms with Gasteiger partial charge in [0.15, 0.2) is 0 Å². The van der Waals surface area contributed by atoms with Crippen LogP contribution in [0.2, 0.25) is 0 Å². The maximum absolute atomic E-state index is 11.1. The van der Waals surface area contributed by atoms with Gasteiger partial charge in [-0.15, -0.1) is 0 Å². The molecule has 0 amide bonds. The third kappa shape index (κ3) is 20.8. The van der Waals surface area contributed by atoms with Crippen molar-refractivity contribution in [1.29, 1.82) is 5.26 Å². The van der Waals surface area contributed by atoms with Crippen LogP contribution < -0.4 is 0 Å². The normalized spacial score (nSPS) is 9.14. The summed E-state index contributed by atoms with van der Waals surface area (Å²) in [6, 6.07) is 1.69. The van der Waals surface area contributed by atoms with E-state index >= 15 is 0 Å². The van der Waals surface area contributed by atoms with Crippen molar-refractivity contribution < 1.29 is 9.53 Å². The first-order valence-corrected chi connectivity index (χ1v) is 8.43. The number of carbonyl (C=O) groups excluding carboxylic acids is 1. The Morgan fingerprint density at radius 3 is 1.82 bits per heavy atom. The number of nitrogens with zero attached hydrogens (tertiary/aromatic N) is 1. The van der Waals surface area contributed by atoms with Crippen molar-refractivity contribution in [3.8, 4) is 6.07 Å². The van der Waals surface area contributed by atoms with E-state index in [1.165, 1.54) is 63.9 Å². The van der Waals surface area contributed by atoms with Crippen molar-refractivity contribution in [2.75, 3.05) is 6.61 Å². The van der Waals surface area contributed by atoms with Crippen LogP contribution in [0.1, 0.15) is 78.1 Å². The molecule has 0 spiro atoms. The summed E-state index contributed by atoms with van der Waals surface area (Å²) in [5.41, 5.74) is 0.488. The zero-order valence-corrected chi connectivity index (χ0v) is 14.5. The minimum Gasteiger partial charge on any atom is -0.462 e. The van der Waals surface area contributed by atoms with E-state index in [4.69, 9.17) is 10.00 Å². The average molecular weight is 307 g/mol. The standard InChI is InChI=1S/C16H30O2.C3H3N/c1-4-5-6-7-8-9-10-11-12-13-14-18-16(17)15(2)3;1-2-3-4/h2,4-14H2,1,3H3;2H,1H2. The minimum atomic E-state index is -0.258. The summed E-state index contributed by atoms with van der Waals surface area (Å²) >= 11 is 0. The molecule has 3 nitrogen and oxygen atoms in total. The van der Waals surface area contributed by atoms with Crippen LogP contribution in [0.4, 0.5) is 0 Å². The predicted molar refractivity (Wildman–Crippen MR) is 93.4 cm³/mol. The van der Waals surface area contributed by atoms with Gasteiger partial charge in [0.1, 0.15) is 0 Å². The lowest BCUT2D eigenvalue weighted by atomic mass is 10.1. The lowest BCUT2D eigenvalue weighted by molar-refractivity contribution is -0.139. The number of ether oxygens (including phenoxy) is 1. The Morgan fingerprint density at radius 2 is 1.45 bits per heavy atom. The summed E-state index contributed by atoms with van der Waals surface area (Å²) in [5, 5.41) is 7.51. The Hall–Kier alpha value is -1.56. The molecule has 3 heteroatoms. The topological polar surface area (TPSA) is 50.1 Å². The van der Waals surface area contributed by atoms with Gasteiger partial charge in [0.25, 0.3) is 0 Å². The summed E-state index contributed by atoms with van der Waals surface area (Å²) in [7, 11) is 0. The van der Waals surface area contributed by atoms with E-state index < -0.39 is 0 Å². The van der Waals surface area contributed by atoms with Crippen LogP contribution in [0, 0.1) is 11.3 Å². The van der Waals surface area contributed by atoms with Crippen LogP contribution >= 0.6 is 0 Å². The Labute approximate surface area is 137 Å². The van der Waals surface area contributed by atoms with Gasteiger partial charge in [0, 0.05) is 11.6 Å². The fourth-order valence-corrected chi connectivity index (χ4v) is 1.88. The number of unbranched alkanes of at least 4 members (excludes halogenated alkanes) is 9. The number of hydrogen-bond donors (Lipinski definition) is 0. The third-order valence-electron chi connectivity index (χ3n) is 3.17. The lowest BCUT2D eigenvalue weighted by Gasteiger charge is -2.04. The molecule has 0 fully saturated rings. The number of nitriles is 1. The second-order valence-electron chi connectivity index (χ2n) is 5.43. The third-order valence-corrected chi connectivity index (χ3v) is 3.17. The van der Waals surface area contributed by atoms with E-state index in [-0.39, 0.29) is 5.97 Å². The molecule has 0 aliphatic heterocycles. The predicted octanol–water partition coefficient (Wildman–Crippen LogP) is 5.72. The van der Waals surface area contributed by atoms with Crippen LogP contribution in [0.15, 0.2) is 24.8 Å². The highest BCUT2D eigenvalue weighted by Gasteiger charge is 2.01. The maximum Gasteiger partial charge on any atom is 0.333 e. The molecule has 0 rings (SSSR count). The smallest absolute Gasteiger partial charge is 0.333 e. The van der Waals surface area contributed by atoms with E-state index in [0.29, 0.717) is 12.2 Å². The summed E-state index contributed by atoms with van der Waals surface area (Å²) < 4.78 is 5.04. The van der Waals surface area contributed by atoms with Crippen molar-refractivity contribution in [2.45, 2.75) is 78.1 Å². The molecule has 0 aliphatic carbocycles. The zero-order chi connectivity index (χ0) is 17.1. The van der Waals surface area contributed by atoms with Crippen LogP contribution in [0.5, 0.6) is 0 Å². The van der Waals surface area contributed by atoms with Gasteiger partial charge in [-0.1, -0.05) is 77.9 Å². The minimum absolute atomic E-state index is 0.258. The van der Waals surface area contributed by atoms with E-state index in [9.17, 15) is 4.79 Å². The highest BCUT2D eigenvalue weighted by atomic mass is 16.5. The van der Waals surface area contributed by atoms with E-state index in [0.717, 1.165) is 6.42 Å². The van der Waals surface area contributed by atoms with Crippen molar-refractivity contribution >= 4 is 5.97 Å². The van der Waals surface area contributed by atoms with E-state index in [2.05, 4.69) is 20.1 Å². The van der Waals surface area contributed by atoms with Crippen LogP contribution in [0.3, 0.4) is 0 Å². The number of allylic oxidation sites excluding steroid dienone is 1. The molecule has 0 radical (unpaired) electrons. The molecule has 0 aromatic carbocycles. The molecule has 0 unspecified atom stereocenters. The molecule has 0 aliphatic rings. The van der Waals surface area contributed by atoms with Crippen molar-refractivity contribution in [2.24, 2.45) is 0 Å². The van der Waals surface area contributed by atoms with Gasteiger partial charge in [-0.3, -0.25) is 0 Å². The fraction of sp³-hybridized carbons (Fsp3) is 0.684. The first-order chi connectivity index (χ1) is 10.6. The average Bonchev–Trinajstić information content (AvgIpc) is 2.52. The van der Waals surface area contributed by atoms with Gasteiger partial charge in [0.05, 0.1) is 12.7 Å². The molecule has 0 aromatic rings. The molecular weight excluding hydrogens is 274 g/mol. The number of hydrogen-bond acceptors (Lipinski definition) is 3. The molecule has 0 aromatic heterocycles. The van der Waals surface area contributed by atoms with Gasteiger partial charge >= 0.3 is 5.97 Å². The van der Waals surface area contributed by atoms with Gasteiger partial charge < -0.3 is 4.74 Å². The Balaban J connectivity index is 0. The molecule has 126 valence electrons. The van der Waals surface area contributed by atoms with E-state index in [1.807, 2.05) is 0 Å². The fourth-order valence-electron chi connectivity index (χ4n) is 1.88. The highest BCUT2D eigenvalue weighted by molar-refractivity contribution is 5.86. The summed E-state index contributed by atoms with van der Waals surface area (Å²) in [5.74, 6) is -0.258. The van der Waals surface area contributed by atoms with Gasteiger partial charge in [0.2, 0.25) is 0 Å². The molecular formula is C19H33NO2. The quantitative estimate of drug-likeness (QED) is 0.200. The SMILES string of the molecule is C=C(C)C(=O)OCCCCCCCCCCCC.C=CC#N. The van der Waals surface area contributed by atoms with Gasteiger partial charge in [-0.2, -0.15) is 5.26 Å². The maximum atomic E-state index is 11.1. The Bertz CT molecular complexity index is 329. The second-order valence-corrected chi connectivity index (χ2v) is 5.43. The van der Waals surface area contributed by atoms with Crippen LogP contribution in [-0.2, 0) is 9.53 Å². The lowest BCUT2D eigenvalue weighted by Crippen LogP contribution is -2.05. The molecule has 0 atom stereocenters. The molecule has 0 saturated carbocycles.